The molecule has 0 fully saturated rings. The van der Waals surface area contributed by atoms with Crippen LogP contribution in [-0.2, 0) is 4.79 Å². The van der Waals surface area contributed by atoms with Crippen molar-refractivity contribution in [2.24, 2.45) is 0 Å². The molecule has 0 aliphatic carbocycles. The molecule has 2 rings (SSSR count). The zero-order valence-corrected chi connectivity index (χ0v) is 14.8. The molecule has 0 bridgehead atoms. The van der Waals surface area contributed by atoms with Crippen molar-refractivity contribution >= 4 is 33.6 Å². The highest BCUT2D eigenvalue weighted by molar-refractivity contribution is 6.67. The van der Waals surface area contributed by atoms with Crippen molar-refractivity contribution in [3.05, 3.63) is 42.0 Å². The van der Waals surface area contributed by atoms with E-state index in [-0.39, 0.29) is 5.97 Å². The van der Waals surface area contributed by atoms with Crippen LogP contribution >= 0.6 is 11.6 Å². The van der Waals surface area contributed by atoms with Crippen LogP contribution in [0.25, 0.3) is 10.8 Å². The number of carbonyl (C=O) groups is 2. The molecule has 128 valence electrons. The summed E-state index contributed by atoms with van der Waals surface area (Å²) in [5, 5.41) is 1.31. The van der Waals surface area contributed by atoms with Gasteiger partial charge in [0.1, 0.15) is 5.75 Å². The molecular formula is C20H23ClO3. The number of fused-ring (bicyclic) bond motifs is 1. The molecule has 0 unspecified atom stereocenters. The lowest BCUT2D eigenvalue weighted by Crippen LogP contribution is -2.07. The van der Waals surface area contributed by atoms with Gasteiger partial charge in [-0.1, -0.05) is 51.2 Å². The molecule has 0 amide bonds. The highest BCUT2D eigenvalue weighted by atomic mass is 35.5. The summed E-state index contributed by atoms with van der Waals surface area (Å²) in [4.78, 5) is 23.1. The number of rotatable bonds is 9. The number of halogens is 1. The summed E-state index contributed by atoms with van der Waals surface area (Å²) >= 11 is 5.48. The van der Waals surface area contributed by atoms with Gasteiger partial charge in [0.25, 0.3) is 5.24 Å². The van der Waals surface area contributed by atoms with Gasteiger partial charge in [0.05, 0.1) is 0 Å². The van der Waals surface area contributed by atoms with Crippen molar-refractivity contribution in [2.75, 3.05) is 0 Å². The maximum atomic E-state index is 11.9. The highest BCUT2D eigenvalue weighted by Gasteiger charge is 2.07. The molecule has 2 aromatic carbocycles. The summed E-state index contributed by atoms with van der Waals surface area (Å²) in [5.74, 6) is 0.334. The normalized spacial score (nSPS) is 10.8. The van der Waals surface area contributed by atoms with Gasteiger partial charge in [-0.05, 0) is 53.1 Å². The maximum absolute atomic E-state index is 11.9. The summed E-state index contributed by atoms with van der Waals surface area (Å²) < 4.78 is 5.40. The van der Waals surface area contributed by atoms with Crippen LogP contribution in [0.2, 0.25) is 0 Å². The van der Waals surface area contributed by atoms with Gasteiger partial charge in [0, 0.05) is 12.0 Å². The molecule has 0 aliphatic heterocycles. The Morgan fingerprint density at radius 3 is 2.33 bits per heavy atom. The van der Waals surface area contributed by atoms with Crippen LogP contribution in [0.15, 0.2) is 36.4 Å². The van der Waals surface area contributed by atoms with E-state index in [1.807, 2.05) is 6.07 Å². The minimum absolute atomic E-state index is 0.197. The average Bonchev–Trinajstić information content (AvgIpc) is 2.57. The van der Waals surface area contributed by atoms with Crippen LogP contribution in [0.4, 0.5) is 0 Å². The first-order chi connectivity index (χ1) is 11.6. The lowest BCUT2D eigenvalue weighted by atomic mass is 10.1. The van der Waals surface area contributed by atoms with E-state index in [4.69, 9.17) is 16.3 Å². The van der Waals surface area contributed by atoms with E-state index in [1.54, 1.807) is 30.3 Å². The Kier molecular flexibility index (Phi) is 7.26. The Hall–Kier alpha value is -1.87. The largest absolute Gasteiger partial charge is 0.427 e. The predicted octanol–water partition coefficient (Wildman–Crippen LogP) is 5.87. The van der Waals surface area contributed by atoms with Gasteiger partial charge in [-0.2, -0.15) is 0 Å². The monoisotopic (exact) mass is 346 g/mol. The molecule has 0 N–H and O–H groups in total. The molecule has 4 heteroatoms. The van der Waals surface area contributed by atoms with Crippen LogP contribution in [0.1, 0.15) is 62.2 Å². The van der Waals surface area contributed by atoms with Crippen molar-refractivity contribution in [1.82, 2.24) is 0 Å². The van der Waals surface area contributed by atoms with Crippen LogP contribution in [-0.4, -0.2) is 11.2 Å². The van der Waals surface area contributed by atoms with Gasteiger partial charge in [-0.3, -0.25) is 9.59 Å². The molecule has 0 atom stereocenters. The van der Waals surface area contributed by atoms with Crippen molar-refractivity contribution in [1.29, 1.82) is 0 Å². The zero-order valence-electron chi connectivity index (χ0n) is 14.0. The summed E-state index contributed by atoms with van der Waals surface area (Å²) in [6.45, 7) is 2.19. The summed E-state index contributed by atoms with van der Waals surface area (Å²) in [6, 6.07) is 10.6. The van der Waals surface area contributed by atoms with E-state index >= 15 is 0 Å². The molecule has 0 aromatic heterocycles. The lowest BCUT2D eigenvalue weighted by molar-refractivity contribution is -0.134. The number of hydrogen-bond donors (Lipinski definition) is 0. The second kappa shape index (κ2) is 9.43. The molecule has 24 heavy (non-hydrogen) atoms. The second-order valence-corrected chi connectivity index (χ2v) is 6.33. The Labute approximate surface area is 148 Å². The average molecular weight is 347 g/mol. The quantitative estimate of drug-likeness (QED) is 0.246. The van der Waals surface area contributed by atoms with E-state index in [0.717, 1.165) is 23.6 Å². The number of ether oxygens (including phenoxy) is 1. The third-order valence-corrected chi connectivity index (χ3v) is 4.22. The standard InChI is InChI=1S/C20H23ClO3/c1-2-3-4-5-6-7-8-19(22)24-18-12-11-15-13-17(20(21)23)10-9-16(15)14-18/h9-14H,2-8H2,1H3. The number of benzene rings is 2. The van der Waals surface area contributed by atoms with Crippen molar-refractivity contribution < 1.29 is 14.3 Å². The smallest absolute Gasteiger partial charge is 0.311 e. The molecule has 0 saturated heterocycles. The summed E-state index contributed by atoms with van der Waals surface area (Å²) in [7, 11) is 0. The van der Waals surface area contributed by atoms with Crippen LogP contribution < -0.4 is 4.74 Å². The molecule has 0 spiro atoms. The topological polar surface area (TPSA) is 43.4 Å². The Morgan fingerprint density at radius 1 is 0.917 bits per heavy atom. The highest BCUT2D eigenvalue weighted by Crippen LogP contribution is 2.23. The fraction of sp³-hybridized carbons (Fsp3) is 0.400. The molecular weight excluding hydrogens is 324 g/mol. The number of hydrogen-bond acceptors (Lipinski definition) is 3. The van der Waals surface area contributed by atoms with E-state index in [9.17, 15) is 9.59 Å². The van der Waals surface area contributed by atoms with Crippen molar-refractivity contribution in [3.8, 4) is 5.75 Å². The van der Waals surface area contributed by atoms with E-state index in [0.29, 0.717) is 17.7 Å². The van der Waals surface area contributed by atoms with Gasteiger partial charge in [-0.25, -0.2) is 0 Å². The SMILES string of the molecule is CCCCCCCCC(=O)Oc1ccc2cc(C(=O)Cl)ccc2c1. The lowest BCUT2D eigenvalue weighted by Gasteiger charge is -2.06. The molecule has 0 radical (unpaired) electrons. The van der Waals surface area contributed by atoms with Crippen molar-refractivity contribution in [3.63, 3.8) is 0 Å². The third kappa shape index (κ3) is 5.64. The number of unbranched alkanes of at least 4 members (excludes halogenated alkanes) is 5. The zero-order chi connectivity index (χ0) is 17.4. The second-order valence-electron chi connectivity index (χ2n) is 5.99. The summed E-state index contributed by atoms with van der Waals surface area (Å²) in [5.41, 5.74) is 0.456. The fourth-order valence-electron chi connectivity index (χ4n) is 2.64. The maximum Gasteiger partial charge on any atom is 0.311 e. The number of carbonyl (C=O) groups excluding carboxylic acids is 2. The molecule has 0 aliphatic rings. The first-order valence-corrected chi connectivity index (χ1v) is 8.92. The van der Waals surface area contributed by atoms with Gasteiger partial charge in [-0.15, -0.1) is 0 Å². The van der Waals surface area contributed by atoms with Crippen LogP contribution in [0.5, 0.6) is 5.75 Å². The molecule has 3 nitrogen and oxygen atoms in total. The van der Waals surface area contributed by atoms with E-state index < -0.39 is 5.24 Å². The Balaban J connectivity index is 1.87. The fourth-order valence-corrected chi connectivity index (χ4v) is 2.76. The van der Waals surface area contributed by atoms with Crippen LogP contribution in [0, 0.1) is 0 Å². The Morgan fingerprint density at radius 2 is 1.58 bits per heavy atom. The summed E-state index contributed by atoms with van der Waals surface area (Å²) in [6.07, 6.45) is 7.30. The molecule has 0 saturated carbocycles. The first kappa shape index (κ1) is 18.5. The van der Waals surface area contributed by atoms with Gasteiger partial charge in [0.15, 0.2) is 0 Å². The number of esters is 1. The Bertz CT molecular complexity index is 709. The third-order valence-electron chi connectivity index (χ3n) is 4.00. The minimum Gasteiger partial charge on any atom is -0.427 e. The first-order valence-electron chi connectivity index (χ1n) is 8.54. The van der Waals surface area contributed by atoms with Crippen molar-refractivity contribution in [2.45, 2.75) is 51.9 Å². The van der Waals surface area contributed by atoms with E-state index in [2.05, 4.69) is 6.92 Å². The van der Waals surface area contributed by atoms with Gasteiger partial charge < -0.3 is 4.74 Å². The predicted molar refractivity (Wildman–Crippen MR) is 97.8 cm³/mol. The molecule has 2 aromatic rings. The van der Waals surface area contributed by atoms with E-state index in [1.165, 1.54) is 25.7 Å². The van der Waals surface area contributed by atoms with Crippen LogP contribution in [0.3, 0.4) is 0 Å². The minimum atomic E-state index is -0.480. The van der Waals surface area contributed by atoms with Gasteiger partial charge >= 0.3 is 5.97 Å². The molecule has 0 heterocycles. The van der Waals surface area contributed by atoms with Gasteiger partial charge in [0.2, 0.25) is 0 Å².